The number of anilines is 1. The molecule has 0 aromatic carbocycles. The van der Waals surface area contributed by atoms with Crippen molar-refractivity contribution in [3.63, 3.8) is 0 Å². The van der Waals surface area contributed by atoms with Crippen LogP contribution in [0.5, 0.6) is 0 Å². The summed E-state index contributed by atoms with van der Waals surface area (Å²) < 4.78 is 13.2. The van der Waals surface area contributed by atoms with E-state index in [0.717, 1.165) is 47.7 Å². The van der Waals surface area contributed by atoms with Crippen molar-refractivity contribution < 1.29 is 8.94 Å². The number of pyridine rings is 1. The summed E-state index contributed by atoms with van der Waals surface area (Å²) in [7, 11) is 0. The maximum Gasteiger partial charge on any atom is 0.228 e. The monoisotopic (exact) mass is 479 g/mol. The van der Waals surface area contributed by atoms with E-state index in [4.69, 9.17) is 8.94 Å². The normalized spacial score (nSPS) is 18.5. The summed E-state index contributed by atoms with van der Waals surface area (Å²) in [6, 6.07) is 7.66. The van der Waals surface area contributed by atoms with Crippen molar-refractivity contribution in [3.05, 3.63) is 54.6 Å². The zero-order valence-electron chi connectivity index (χ0n) is 19.5. The maximum atomic E-state index is 5.63. The fourth-order valence-corrected chi connectivity index (χ4v) is 5.38. The summed E-state index contributed by atoms with van der Waals surface area (Å²) in [6.07, 6.45) is 8.01. The molecule has 0 amide bonds. The Morgan fingerprint density at radius 3 is 2.68 bits per heavy atom. The molecular weight excluding hydrogens is 450 g/mol. The minimum atomic E-state index is 0.595. The second-order valence-corrected chi connectivity index (χ2v) is 10.1. The van der Waals surface area contributed by atoms with Gasteiger partial charge in [0.1, 0.15) is 5.76 Å². The molecule has 4 aromatic rings. The van der Waals surface area contributed by atoms with Gasteiger partial charge in [-0.15, -0.1) is 10.2 Å². The second-order valence-electron chi connectivity index (χ2n) is 9.00. The first kappa shape index (κ1) is 22.6. The Morgan fingerprint density at radius 2 is 1.91 bits per heavy atom. The van der Waals surface area contributed by atoms with Crippen LogP contribution in [0.1, 0.15) is 38.3 Å². The number of hydrogen-bond acceptors (Lipinski definition) is 9. The number of piperidine rings is 1. The standard InChI is InChI=1S/C24H29N7O2S/c1-17-13-18(2)15-30(14-17)23-27-28-24(31(23)16-20-5-3-11-32-20)34-12-4-6-21-26-22(29-33-21)19-7-9-25-10-8-19/h3,5,7-11,17-18H,4,6,12-16H2,1-2H3. The lowest BCUT2D eigenvalue weighted by Gasteiger charge is -2.35. The molecule has 9 nitrogen and oxygen atoms in total. The van der Waals surface area contributed by atoms with Gasteiger partial charge >= 0.3 is 0 Å². The predicted octanol–water partition coefficient (Wildman–Crippen LogP) is 4.57. The van der Waals surface area contributed by atoms with E-state index in [1.807, 2.05) is 24.3 Å². The summed E-state index contributed by atoms with van der Waals surface area (Å²) in [5.41, 5.74) is 0.902. The second kappa shape index (κ2) is 10.4. The highest BCUT2D eigenvalue weighted by Crippen LogP contribution is 2.29. The number of furan rings is 1. The van der Waals surface area contributed by atoms with Crippen LogP contribution in [0, 0.1) is 11.8 Å². The molecule has 0 N–H and O–H groups in total. The van der Waals surface area contributed by atoms with Crippen molar-refractivity contribution in [1.29, 1.82) is 0 Å². The number of hydrogen-bond donors (Lipinski definition) is 0. The number of thioether (sulfide) groups is 1. The van der Waals surface area contributed by atoms with Crippen molar-refractivity contribution in [2.45, 2.75) is 44.8 Å². The first-order valence-electron chi connectivity index (χ1n) is 11.7. The van der Waals surface area contributed by atoms with Gasteiger partial charge in [-0.3, -0.25) is 9.55 Å². The minimum Gasteiger partial charge on any atom is -0.467 e. The van der Waals surface area contributed by atoms with E-state index < -0.39 is 0 Å². The van der Waals surface area contributed by atoms with Gasteiger partial charge in [-0.25, -0.2) is 0 Å². The molecule has 1 aliphatic rings. The maximum absolute atomic E-state index is 5.63. The molecule has 4 aromatic heterocycles. The van der Waals surface area contributed by atoms with Gasteiger partial charge in [-0.1, -0.05) is 30.8 Å². The zero-order chi connectivity index (χ0) is 23.3. The Morgan fingerprint density at radius 1 is 1.09 bits per heavy atom. The van der Waals surface area contributed by atoms with Crippen LogP contribution in [0.4, 0.5) is 5.95 Å². The van der Waals surface area contributed by atoms with E-state index in [1.165, 1.54) is 6.42 Å². The highest BCUT2D eigenvalue weighted by atomic mass is 32.2. The number of rotatable bonds is 9. The molecule has 1 fully saturated rings. The highest BCUT2D eigenvalue weighted by molar-refractivity contribution is 7.99. The topological polar surface area (TPSA) is 98.9 Å². The van der Waals surface area contributed by atoms with Crippen molar-refractivity contribution in [2.75, 3.05) is 23.7 Å². The van der Waals surface area contributed by atoms with Crippen LogP contribution in [-0.2, 0) is 13.0 Å². The van der Waals surface area contributed by atoms with Gasteiger partial charge in [0, 0.05) is 43.2 Å². The predicted molar refractivity (Wildman–Crippen MR) is 130 cm³/mol. The molecule has 5 rings (SSSR count). The van der Waals surface area contributed by atoms with Crippen LogP contribution in [-0.4, -0.2) is 48.7 Å². The summed E-state index contributed by atoms with van der Waals surface area (Å²) in [5.74, 6) is 5.21. The van der Waals surface area contributed by atoms with Crippen molar-refractivity contribution >= 4 is 17.7 Å². The summed E-state index contributed by atoms with van der Waals surface area (Å²) in [5, 5.41) is 14.1. The van der Waals surface area contributed by atoms with E-state index in [1.54, 1.807) is 30.4 Å². The molecule has 1 aliphatic heterocycles. The van der Waals surface area contributed by atoms with Crippen LogP contribution in [0.3, 0.4) is 0 Å². The average Bonchev–Trinajstić information content (AvgIpc) is 3.59. The van der Waals surface area contributed by atoms with Gasteiger partial charge < -0.3 is 13.8 Å². The quantitative estimate of drug-likeness (QED) is 0.252. The molecule has 34 heavy (non-hydrogen) atoms. The SMILES string of the molecule is CC1CC(C)CN(c2nnc(SCCCc3nc(-c4ccncc4)no3)n2Cc2ccco2)C1. The molecule has 0 saturated carbocycles. The Balaban J connectivity index is 1.23. The van der Waals surface area contributed by atoms with Gasteiger partial charge in [0.15, 0.2) is 5.16 Å². The molecule has 0 aliphatic carbocycles. The Labute approximate surface area is 203 Å². The Hall–Kier alpha value is -3.14. The molecular formula is C24H29N7O2S. The fraction of sp³-hybridized carbons (Fsp3) is 0.458. The van der Waals surface area contributed by atoms with Gasteiger partial charge in [0.05, 0.1) is 12.8 Å². The lowest BCUT2D eigenvalue weighted by Crippen LogP contribution is -2.40. The van der Waals surface area contributed by atoms with Crippen LogP contribution >= 0.6 is 11.8 Å². The molecule has 178 valence electrons. The summed E-state index contributed by atoms with van der Waals surface area (Å²) >= 11 is 1.70. The molecule has 5 heterocycles. The number of aryl methyl sites for hydroxylation is 1. The van der Waals surface area contributed by atoms with Gasteiger partial charge in [-0.2, -0.15) is 4.98 Å². The summed E-state index contributed by atoms with van der Waals surface area (Å²) in [6.45, 7) is 7.24. The third kappa shape index (κ3) is 5.32. The molecule has 0 bridgehead atoms. The van der Waals surface area contributed by atoms with E-state index in [0.29, 0.717) is 36.5 Å². The molecule has 0 radical (unpaired) electrons. The number of aromatic nitrogens is 6. The van der Waals surface area contributed by atoms with Crippen LogP contribution < -0.4 is 4.90 Å². The third-order valence-electron chi connectivity index (χ3n) is 5.92. The average molecular weight is 480 g/mol. The minimum absolute atomic E-state index is 0.595. The van der Waals surface area contributed by atoms with Crippen LogP contribution in [0.2, 0.25) is 0 Å². The Kier molecular flexibility index (Phi) is 6.94. The lowest BCUT2D eigenvalue weighted by atomic mass is 9.92. The largest absolute Gasteiger partial charge is 0.467 e. The van der Waals surface area contributed by atoms with Crippen LogP contribution in [0.15, 0.2) is 57.0 Å². The van der Waals surface area contributed by atoms with Gasteiger partial charge in [-0.05, 0) is 48.9 Å². The van der Waals surface area contributed by atoms with Crippen molar-refractivity contribution in [2.24, 2.45) is 11.8 Å². The first-order chi connectivity index (χ1) is 16.7. The highest BCUT2D eigenvalue weighted by Gasteiger charge is 2.27. The molecule has 1 saturated heterocycles. The number of nitrogens with zero attached hydrogens (tertiary/aromatic N) is 7. The smallest absolute Gasteiger partial charge is 0.228 e. The van der Waals surface area contributed by atoms with Gasteiger partial charge in [0.2, 0.25) is 17.7 Å². The molecule has 2 atom stereocenters. The van der Waals surface area contributed by atoms with E-state index in [-0.39, 0.29) is 0 Å². The van der Waals surface area contributed by atoms with E-state index >= 15 is 0 Å². The molecule has 2 unspecified atom stereocenters. The van der Waals surface area contributed by atoms with Crippen molar-refractivity contribution in [3.8, 4) is 11.4 Å². The van der Waals surface area contributed by atoms with E-state index in [9.17, 15) is 0 Å². The molecule has 0 spiro atoms. The van der Waals surface area contributed by atoms with E-state index in [2.05, 4.69) is 48.6 Å². The lowest BCUT2D eigenvalue weighted by molar-refractivity contribution is 0.350. The Bertz CT molecular complexity index is 1170. The first-order valence-corrected chi connectivity index (χ1v) is 12.7. The van der Waals surface area contributed by atoms with Crippen LogP contribution in [0.25, 0.3) is 11.4 Å². The van der Waals surface area contributed by atoms with Crippen molar-refractivity contribution in [1.82, 2.24) is 29.9 Å². The summed E-state index contributed by atoms with van der Waals surface area (Å²) in [4.78, 5) is 10.9. The van der Waals surface area contributed by atoms with Gasteiger partial charge in [0.25, 0.3) is 0 Å². The third-order valence-corrected chi connectivity index (χ3v) is 6.97. The fourth-order valence-electron chi connectivity index (χ4n) is 4.51. The molecule has 10 heteroatoms. The zero-order valence-corrected chi connectivity index (χ0v) is 20.3.